The second-order valence-corrected chi connectivity index (χ2v) is 8.81. The molecule has 5 aromatic heterocycles. The number of carboxylic acids is 1. The first kappa shape index (κ1) is 26.5. The highest BCUT2D eigenvalue weighted by Gasteiger charge is 2.16. The van der Waals surface area contributed by atoms with Gasteiger partial charge in [-0.15, -0.1) is 0 Å². The third kappa shape index (κ3) is 6.14. The molecule has 12 nitrogen and oxygen atoms in total. The number of rotatable bonds is 7. The van der Waals surface area contributed by atoms with Crippen molar-refractivity contribution in [3.8, 4) is 23.0 Å². The van der Waals surface area contributed by atoms with E-state index < -0.39 is 11.9 Å². The molecule has 0 unspecified atom stereocenters. The predicted octanol–water partition coefficient (Wildman–Crippen LogP) is 6.37. The van der Waals surface area contributed by atoms with Crippen molar-refractivity contribution in [1.82, 2.24) is 20.1 Å². The Kier molecular flexibility index (Phi) is 7.80. The summed E-state index contributed by atoms with van der Waals surface area (Å²) < 4.78 is 21.7. The molecule has 0 atom stereocenters. The van der Waals surface area contributed by atoms with E-state index in [1.165, 1.54) is 30.9 Å². The Labute approximate surface area is 234 Å². The van der Waals surface area contributed by atoms with Crippen molar-refractivity contribution in [3.05, 3.63) is 107 Å². The van der Waals surface area contributed by atoms with Crippen LogP contribution in [0.25, 0.3) is 23.0 Å². The van der Waals surface area contributed by atoms with Crippen molar-refractivity contribution < 1.29 is 32.6 Å². The molecule has 5 heterocycles. The fourth-order valence-electron chi connectivity index (χ4n) is 3.38. The normalized spacial score (nSPS) is 10.7. The Balaban J connectivity index is 0.000000207. The van der Waals surface area contributed by atoms with Crippen molar-refractivity contribution in [2.24, 2.45) is 0 Å². The number of anilines is 1. The first-order valence-corrected chi connectivity index (χ1v) is 12.1. The largest absolute Gasteiger partial charge is 0.476 e. The van der Waals surface area contributed by atoms with Crippen molar-refractivity contribution in [1.29, 1.82) is 0 Å². The Bertz CT molecular complexity index is 1720. The quantitative estimate of drug-likeness (QED) is 0.216. The van der Waals surface area contributed by atoms with Crippen LogP contribution in [0, 0.1) is 0 Å². The summed E-state index contributed by atoms with van der Waals surface area (Å²) in [6.07, 6.45) is 6.18. The number of hydrogen-bond acceptors (Lipinski definition) is 9. The number of carbonyl (C=O) groups is 2. The molecule has 202 valence electrons. The molecule has 0 aliphatic heterocycles. The third-order valence-corrected chi connectivity index (χ3v) is 5.98. The zero-order valence-electron chi connectivity index (χ0n) is 20.2. The summed E-state index contributed by atoms with van der Waals surface area (Å²) in [5, 5.41) is 23.7. The summed E-state index contributed by atoms with van der Waals surface area (Å²) in [6.45, 7) is 0.376. The van der Waals surface area contributed by atoms with Gasteiger partial charge in [-0.2, -0.15) is 5.10 Å². The first-order valence-electron chi connectivity index (χ1n) is 11.4. The lowest BCUT2D eigenvalue weighted by Crippen LogP contribution is -2.11. The van der Waals surface area contributed by atoms with Crippen molar-refractivity contribution in [3.63, 3.8) is 0 Å². The lowest BCUT2D eigenvalue weighted by atomic mass is 10.2. The Hall–Kier alpha value is -5.07. The number of furan rings is 2. The number of halogens is 2. The summed E-state index contributed by atoms with van der Waals surface area (Å²) in [7, 11) is 0. The van der Waals surface area contributed by atoms with Crippen LogP contribution < -0.4 is 5.32 Å². The van der Waals surface area contributed by atoms with Crippen LogP contribution >= 0.6 is 23.2 Å². The summed E-state index contributed by atoms with van der Waals surface area (Å²) in [4.78, 5) is 22.8. The second kappa shape index (κ2) is 11.8. The molecule has 14 heteroatoms. The van der Waals surface area contributed by atoms with Crippen LogP contribution in [-0.4, -0.2) is 37.1 Å². The van der Waals surface area contributed by atoms with E-state index in [2.05, 4.69) is 20.7 Å². The molecule has 0 spiro atoms. The molecule has 0 fully saturated rings. The number of amides is 1. The van der Waals surface area contributed by atoms with Crippen LogP contribution in [-0.2, 0) is 6.54 Å². The minimum Gasteiger partial charge on any atom is -0.476 e. The standard InChI is InChI=1S/C18H12Cl2N4O3.C8H5NO4/c19-13-3-1-4-14(20)12(13)10-24-9-11(8-21-24)22-18(25)15-7-17(27-23-15)16-5-2-6-26-16;10-8(11)5-4-7(13-9-5)6-2-1-3-12-6/h1-9H,10H2,(H,22,25);1-4H,(H,10,11). The molecular formula is C26H17Cl2N5O7. The van der Waals surface area contributed by atoms with Gasteiger partial charge in [0.1, 0.15) is 0 Å². The molecule has 6 rings (SSSR count). The van der Waals surface area contributed by atoms with E-state index in [1.54, 1.807) is 53.3 Å². The van der Waals surface area contributed by atoms with E-state index in [1.807, 2.05) is 0 Å². The topological polar surface area (TPSA) is 163 Å². The highest BCUT2D eigenvalue weighted by Crippen LogP contribution is 2.26. The molecule has 1 aromatic carbocycles. The highest BCUT2D eigenvalue weighted by molar-refractivity contribution is 6.36. The molecular weight excluding hydrogens is 565 g/mol. The third-order valence-electron chi connectivity index (χ3n) is 5.27. The van der Waals surface area contributed by atoms with Gasteiger partial charge in [0.2, 0.25) is 11.5 Å². The van der Waals surface area contributed by atoms with Gasteiger partial charge in [0.05, 0.1) is 31.0 Å². The molecule has 2 N–H and O–H groups in total. The van der Waals surface area contributed by atoms with Gasteiger partial charge >= 0.3 is 5.97 Å². The fraction of sp³-hybridized carbons (Fsp3) is 0.0385. The van der Waals surface area contributed by atoms with E-state index in [0.29, 0.717) is 45.3 Å². The summed E-state index contributed by atoms with van der Waals surface area (Å²) in [5.74, 6) is 0.0797. The van der Waals surface area contributed by atoms with Crippen LogP contribution in [0.1, 0.15) is 26.5 Å². The summed E-state index contributed by atoms with van der Waals surface area (Å²) in [5.41, 5.74) is 1.25. The molecule has 0 bridgehead atoms. The number of benzene rings is 1. The number of hydrogen-bond donors (Lipinski definition) is 2. The minimum atomic E-state index is -1.12. The van der Waals surface area contributed by atoms with Crippen LogP contribution in [0.4, 0.5) is 5.69 Å². The van der Waals surface area contributed by atoms with Gasteiger partial charge in [0.25, 0.3) is 5.91 Å². The minimum absolute atomic E-state index is 0.128. The smallest absolute Gasteiger partial charge is 0.358 e. The molecule has 40 heavy (non-hydrogen) atoms. The van der Waals surface area contributed by atoms with Crippen molar-refractivity contribution in [2.75, 3.05) is 5.32 Å². The maximum Gasteiger partial charge on any atom is 0.358 e. The van der Waals surface area contributed by atoms with Crippen LogP contribution in [0.2, 0.25) is 10.0 Å². The van der Waals surface area contributed by atoms with Crippen molar-refractivity contribution >= 4 is 40.8 Å². The van der Waals surface area contributed by atoms with E-state index in [0.717, 1.165) is 5.56 Å². The summed E-state index contributed by atoms with van der Waals surface area (Å²) >= 11 is 12.3. The van der Waals surface area contributed by atoms with Gasteiger partial charge < -0.3 is 28.3 Å². The molecule has 0 saturated carbocycles. The SMILES string of the molecule is O=C(Nc1cnn(Cc2c(Cl)cccc2Cl)c1)c1cc(-c2ccco2)on1.O=C(O)c1cc(-c2ccco2)on1. The second-order valence-electron chi connectivity index (χ2n) is 7.99. The maximum absolute atomic E-state index is 12.3. The van der Waals surface area contributed by atoms with Crippen LogP contribution in [0.15, 0.2) is 97.4 Å². The van der Waals surface area contributed by atoms with E-state index in [-0.39, 0.29) is 11.4 Å². The molecule has 0 aliphatic rings. The Morgan fingerprint density at radius 1 is 0.850 bits per heavy atom. The average molecular weight is 582 g/mol. The van der Waals surface area contributed by atoms with Gasteiger partial charge in [0, 0.05) is 33.9 Å². The lowest BCUT2D eigenvalue weighted by Gasteiger charge is -2.06. The maximum atomic E-state index is 12.3. The number of carbonyl (C=O) groups excluding carboxylic acids is 1. The summed E-state index contributed by atoms with van der Waals surface area (Å²) in [6, 6.07) is 14.9. The Morgan fingerprint density at radius 2 is 1.45 bits per heavy atom. The number of aromatic carboxylic acids is 1. The lowest BCUT2D eigenvalue weighted by molar-refractivity contribution is 0.0685. The van der Waals surface area contributed by atoms with Crippen LogP contribution in [0.5, 0.6) is 0 Å². The average Bonchev–Trinajstić information content (AvgIpc) is 3.76. The van der Waals surface area contributed by atoms with E-state index in [9.17, 15) is 9.59 Å². The van der Waals surface area contributed by atoms with Crippen LogP contribution in [0.3, 0.4) is 0 Å². The van der Waals surface area contributed by atoms with Gasteiger partial charge in [-0.05, 0) is 36.4 Å². The van der Waals surface area contributed by atoms with Gasteiger partial charge in [-0.3, -0.25) is 9.48 Å². The first-order chi connectivity index (χ1) is 19.4. The monoisotopic (exact) mass is 581 g/mol. The fourth-order valence-corrected chi connectivity index (χ4v) is 3.90. The zero-order valence-corrected chi connectivity index (χ0v) is 21.7. The molecule has 6 aromatic rings. The zero-order chi connectivity index (χ0) is 28.1. The number of nitrogens with one attached hydrogen (secondary N) is 1. The van der Waals surface area contributed by atoms with Gasteiger partial charge in [0.15, 0.2) is 22.9 Å². The van der Waals surface area contributed by atoms with E-state index >= 15 is 0 Å². The number of aromatic nitrogens is 4. The van der Waals surface area contributed by atoms with Crippen molar-refractivity contribution in [2.45, 2.75) is 6.54 Å². The molecule has 0 radical (unpaired) electrons. The molecule has 0 saturated heterocycles. The highest BCUT2D eigenvalue weighted by atomic mass is 35.5. The van der Waals surface area contributed by atoms with Gasteiger partial charge in [-0.25, -0.2) is 4.79 Å². The predicted molar refractivity (Wildman–Crippen MR) is 141 cm³/mol. The van der Waals surface area contributed by atoms with Gasteiger partial charge in [-0.1, -0.05) is 39.6 Å². The number of carboxylic acid groups (broad SMARTS) is 1. The van der Waals surface area contributed by atoms with E-state index in [4.69, 9.17) is 46.2 Å². The number of nitrogens with zero attached hydrogens (tertiary/aromatic N) is 4. The Morgan fingerprint density at radius 3 is 2.00 bits per heavy atom. The molecule has 0 aliphatic carbocycles. The molecule has 1 amide bonds.